The Labute approximate surface area is 123 Å². The molecule has 3 nitrogen and oxygen atoms in total. The van der Waals surface area contributed by atoms with Gasteiger partial charge in [0.2, 0.25) is 0 Å². The molecule has 2 unspecified atom stereocenters. The van der Waals surface area contributed by atoms with Crippen LogP contribution in [0.5, 0.6) is 0 Å². The summed E-state index contributed by atoms with van der Waals surface area (Å²) in [4.78, 5) is 2.59. The molecule has 0 bridgehead atoms. The maximum Gasteiger partial charge on any atom is 0.0590 e. The minimum atomic E-state index is 0.0596. The lowest BCUT2D eigenvalue weighted by Gasteiger charge is -2.48. The van der Waals surface area contributed by atoms with E-state index in [2.05, 4.69) is 54.4 Å². The molecule has 2 atom stereocenters. The fourth-order valence-electron chi connectivity index (χ4n) is 3.15. The van der Waals surface area contributed by atoms with Crippen molar-refractivity contribution in [2.24, 2.45) is 0 Å². The summed E-state index contributed by atoms with van der Waals surface area (Å²) >= 11 is 0. The molecular formula is C17H28N2O. The average Bonchev–Trinajstić information content (AvgIpc) is 2.49. The summed E-state index contributed by atoms with van der Waals surface area (Å²) in [7, 11) is 1.78. The molecule has 1 saturated heterocycles. The molecule has 1 aliphatic heterocycles. The number of rotatable bonds is 6. The van der Waals surface area contributed by atoms with E-state index in [4.69, 9.17) is 4.74 Å². The number of benzene rings is 1. The second-order valence-electron chi connectivity index (χ2n) is 5.95. The highest BCUT2D eigenvalue weighted by atomic mass is 16.5. The van der Waals surface area contributed by atoms with Gasteiger partial charge in [-0.2, -0.15) is 0 Å². The largest absolute Gasteiger partial charge is 0.383 e. The van der Waals surface area contributed by atoms with Crippen LogP contribution in [0, 0.1) is 0 Å². The number of ether oxygens (including phenoxy) is 1. The van der Waals surface area contributed by atoms with Gasteiger partial charge in [-0.05, 0) is 18.9 Å². The van der Waals surface area contributed by atoms with Gasteiger partial charge < -0.3 is 10.1 Å². The van der Waals surface area contributed by atoms with Gasteiger partial charge in [0.05, 0.1) is 12.1 Å². The van der Waals surface area contributed by atoms with Crippen LogP contribution >= 0.6 is 0 Å². The molecule has 112 valence electrons. The van der Waals surface area contributed by atoms with Crippen molar-refractivity contribution in [2.45, 2.75) is 38.3 Å². The number of hydrogen-bond acceptors (Lipinski definition) is 3. The average molecular weight is 276 g/mol. The Hall–Kier alpha value is -0.900. The molecule has 1 N–H and O–H groups in total. The Kier molecular flexibility index (Phi) is 5.58. The van der Waals surface area contributed by atoms with Crippen LogP contribution in [0.15, 0.2) is 30.3 Å². The van der Waals surface area contributed by atoms with Crippen molar-refractivity contribution in [3.8, 4) is 0 Å². The standard InChI is InChI=1S/C17H28N2O/c1-4-8-16-13-19(11-12-20-3)17(2,14-18-16)15-9-6-5-7-10-15/h5-7,9-10,16,18H,4,8,11-14H2,1-3H3. The minimum absolute atomic E-state index is 0.0596. The lowest BCUT2D eigenvalue weighted by atomic mass is 9.86. The van der Waals surface area contributed by atoms with Crippen LogP contribution < -0.4 is 5.32 Å². The lowest BCUT2D eigenvalue weighted by Crippen LogP contribution is -2.62. The van der Waals surface area contributed by atoms with Crippen LogP contribution in [0.2, 0.25) is 0 Å². The van der Waals surface area contributed by atoms with Crippen molar-refractivity contribution in [3.63, 3.8) is 0 Å². The van der Waals surface area contributed by atoms with E-state index in [0.717, 1.165) is 26.2 Å². The number of nitrogens with one attached hydrogen (secondary N) is 1. The van der Waals surface area contributed by atoms with Crippen molar-refractivity contribution in [2.75, 3.05) is 33.4 Å². The van der Waals surface area contributed by atoms with Crippen molar-refractivity contribution in [1.82, 2.24) is 10.2 Å². The monoisotopic (exact) mass is 276 g/mol. The van der Waals surface area contributed by atoms with Crippen molar-refractivity contribution in [3.05, 3.63) is 35.9 Å². The van der Waals surface area contributed by atoms with E-state index in [1.807, 2.05) is 0 Å². The van der Waals surface area contributed by atoms with Gasteiger partial charge >= 0.3 is 0 Å². The molecule has 1 aromatic rings. The maximum atomic E-state index is 5.31. The van der Waals surface area contributed by atoms with E-state index >= 15 is 0 Å². The van der Waals surface area contributed by atoms with Gasteiger partial charge in [-0.15, -0.1) is 0 Å². The first kappa shape index (κ1) is 15.5. The Morgan fingerprint density at radius 1 is 1.35 bits per heavy atom. The smallest absolute Gasteiger partial charge is 0.0590 e. The SMILES string of the molecule is CCCC1CN(CCOC)C(C)(c2ccccc2)CN1. The highest BCUT2D eigenvalue weighted by Gasteiger charge is 2.38. The zero-order valence-corrected chi connectivity index (χ0v) is 13.1. The number of hydrogen-bond donors (Lipinski definition) is 1. The van der Waals surface area contributed by atoms with E-state index in [1.54, 1.807) is 7.11 Å². The first-order chi connectivity index (χ1) is 9.70. The molecule has 1 aromatic carbocycles. The fraction of sp³-hybridized carbons (Fsp3) is 0.647. The van der Waals surface area contributed by atoms with Crippen LogP contribution in [0.1, 0.15) is 32.3 Å². The molecule has 20 heavy (non-hydrogen) atoms. The molecule has 0 aromatic heterocycles. The molecule has 1 aliphatic rings. The molecule has 2 rings (SSSR count). The van der Waals surface area contributed by atoms with Crippen LogP contribution in [0.4, 0.5) is 0 Å². The van der Waals surface area contributed by atoms with Gasteiger partial charge in [-0.3, -0.25) is 4.90 Å². The van der Waals surface area contributed by atoms with E-state index in [9.17, 15) is 0 Å². The topological polar surface area (TPSA) is 24.5 Å². The third kappa shape index (κ3) is 3.40. The second-order valence-corrected chi connectivity index (χ2v) is 5.95. The molecule has 0 radical (unpaired) electrons. The summed E-state index contributed by atoms with van der Waals surface area (Å²) in [5.41, 5.74) is 1.45. The van der Waals surface area contributed by atoms with Gasteiger partial charge in [-0.25, -0.2) is 0 Å². The summed E-state index contributed by atoms with van der Waals surface area (Å²) in [6, 6.07) is 11.4. The highest BCUT2D eigenvalue weighted by molar-refractivity contribution is 5.25. The normalized spacial score (nSPS) is 27.6. The summed E-state index contributed by atoms with van der Waals surface area (Å²) < 4.78 is 5.31. The predicted molar refractivity (Wildman–Crippen MR) is 83.9 cm³/mol. The molecule has 0 saturated carbocycles. The first-order valence-electron chi connectivity index (χ1n) is 7.73. The molecular weight excluding hydrogens is 248 g/mol. The van der Waals surface area contributed by atoms with Crippen LogP contribution in [0.3, 0.4) is 0 Å². The zero-order chi connectivity index (χ0) is 14.4. The predicted octanol–water partition coefficient (Wildman–Crippen LogP) is 2.62. The Morgan fingerprint density at radius 2 is 2.10 bits per heavy atom. The Balaban J connectivity index is 2.16. The highest BCUT2D eigenvalue weighted by Crippen LogP contribution is 2.31. The third-order valence-corrected chi connectivity index (χ3v) is 4.47. The van der Waals surface area contributed by atoms with Gasteiger partial charge in [0.25, 0.3) is 0 Å². The number of piperazine rings is 1. The Bertz CT molecular complexity index is 395. The lowest BCUT2D eigenvalue weighted by molar-refractivity contribution is 0.0249. The van der Waals surface area contributed by atoms with Gasteiger partial charge in [0.1, 0.15) is 0 Å². The van der Waals surface area contributed by atoms with Crippen LogP contribution in [0.25, 0.3) is 0 Å². The first-order valence-corrected chi connectivity index (χ1v) is 7.73. The second kappa shape index (κ2) is 7.21. The maximum absolute atomic E-state index is 5.31. The van der Waals surface area contributed by atoms with Crippen LogP contribution in [-0.4, -0.2) is 44.3 Å². The van der Waals surface area contributed by atoms with Gasteiger partial charge in [0.15, 0.2) is 0 Å². The van der Waals surface area contributed by atoms with E-state index < -0.39 is 0 Å². The molecule has 0 amide bonds. The molecule has 1 heterocycles. The summed E-state index contributed by atoms with van der Waals surface area (Å²) in [6.07, 6.45) is 2.48. The molecule has 1 fully saturated rings. The third-order valence-electron chi connectivity index (χ3n) is 4.47. The van der Waals surface area contributed by atoms with Gasteiger partial charge in [-0.1, -0.05) is 43.7 Å². The summed E-state index contributed by atoms with van der Waals surface area (Å²) in [6.45, 7) is 8.48. The van der Waals surface area contributed by atoms with E-state index in [1.165, 1.54) is 18.4 Å². The molecule has 3 heteroatoms. The van der Waals surface area contributed by atoms with Gasteiger partial charge in [0, 0.05) is 32.8 Å². The van der Waals surface area contributed by atoms with Crippen molar-refractivity contribution < 1.29 is 4.74 Å². The molecule has 0 spiro atoms. The van der Waals surface area contributed by atoms with Crippen molar-refractivity contribution >= 4 is 0 Å². The molecule has 0 aliphatic carbocycles. The number of methoxy groups -OCH3 is 1. The van der Waals surface area contributed by atoms with E-state index in [-0.39, 0.29) is 5.54 Å². The fourth-order valence-corrected chi connectivity index (χ4v) is 3.15. The minimum Gasteiger partial charge on any atom is -0.383 e. The summed E-state index contributed by atoms with van der Waals surface area (Å²) in [5.74, 6) is 0. The quantitative estimate of drug-likeness (QED) is 0.864. The van der Waals surface area contributed by atoms with Crippen LogP contribution in [-0.2, 0) is 10.3 Å². The Morgan fingerprint density at radius 3 is 2.75 bits per heavy atom. The zero-order valence-electron chi connectivity index (χ0n) is 13.1. The van der Waals surface area contributed by atoms with Crippen molar-refractivity contribution in [1.29, 1.82) is 0 Å². The summed E-state index contributed by atoms with van der Waals surface area (Å²) in [5, 5.41) is 3.73. The van der Waals surface area contributed by atoms with E-state index in [0.29, 0.717) is 6.04 Å². The number of nitrogens with zero attached hydrogens (tertiary/aromatic N) is 1.